The van der Waals surface area contributed by atoms with Gasteiger partial charge in [0.2, 0.25) is 5.91 Å². The largest absolute Gasteiger partial charge is 0.355 e. The summed E-state index contributed by atoms with van der Waals surface area (Å²) in [5.41, 5.74) is 1.17. The van der Waals surface area contributed by atoms with Crippen LogP contribution in [0.5, 0.6) is 0 Å². The number of hydrogen-bond donors (Lipinski definition) is 1. The number of rotatable bonds is 6. The Kier molecular flexibility index (Phi) is 4.60. The summed E-state index contributed by atoms with van der Waals surface area (Å²) >= 11 is 0. The Labute approximate surface area is 111 Å². The molecule has 100 valence electrons. The average Bonchev–Trinajstić information content (AvgIpc) is 2.92. The molecule has 0 radical (unpaired) electrons. The van der Waals surface area contributed by atoms with Crippen LogP contribution in [0.2, 0.25) is 0 Å². The van der Waals surface area contributed by atoms with Gasteiger partial charge in [-0.2, -0.15) is 5.10 Å². The molecular weight excluding hydrogens is 242 g/mol. The molecule has 0 unspecified atom stereocenters. The zero-order valence-corrected chi connectivity index (χ0v) is 10.9. The van der Waals surface area contributed by atoms with Gasteiger partial charge in [-0.1, -0.05) is 6.92 Å². The number of carbonyl (C=O) groups excluding carboxylic acids is 1. The van der Waals surface area contributed by atoms with Gasteiger partial charge in [0, 0.05) is 18.9 Å². The van der Waals surface area contributed by atoms with E-state index in [-0.39, 0.29) is 11.8 Å². The average molecular weight is 259 g/mol. The lowest BCUT2D eigenvalue weighted by atomic mass is 10.1. The Morgan fingerprint density at radius 3 is 2.84 bits per heavy atom. The Hall–Kier alpha value is -2.24. The van der Waals surface area contributed by atoms with Crippen molar-refractivity contribution >= 4 is 5.91 Å². The molecular formula is C13H17N5O. The quantitative estimate of drug-likeness (QED) is 0.827. The maximum absolute atomic E-state index is 11.9. The Morgan fingerprint density at radius 2 is 2.16 bits per heavy atom. The molecule has 1 atom stereocenters. The third-order valence-corrected chi connectivity index (χ3v) is 2.84. The summed E-state index contributed by atoms with van der Waals surface area (Å²) in [5.74, 6) is -0.0938. The summed E-state index contributed by atoms with van der Waals surface area (Å²) in [5, 5.41) is 6.91. The second kappa shape index (κ2) is 6.63. The van der Waals surface area contributed by atoms with Crippen LogP contribution in [0.3, 0.4) is 0 Å². The van der Waals surface area contributed by atoms with Gasteiger partial charge in [-0.05, 0) is 24.1 Å². The standard InChI is InChI=1S/C13H17N5O/c1-11(8-18-10-15-9-17-18)13(19)16-7-4-12-2-5-14-6-3-12/h2-3,5-6,9-11H,4,7-8H2,1H3,(H,16,19)/t11-/m0/s1. The number of hydrogen-bond acceptors (Lipinski definition) is 4. The second-order valence-corrected chi connectivity index (χ2v) is 4.42. The normalized spacial score (nSPS) is 12.1. The zero-order valence-electron chi connectivity index (χ0n) is 10.9. The number of amides is 1. The number of nitrogens with one attached hydrogen (secondary N) is 1. The molecule has 0 spiro atoms. The highest BCUT2D eigenvalue weighted by molar-refractivity contribution is 5.78. The third-order valence-electron chi connectivity index (χ3n) is 2.84. The van der Waals surface area contributed by atoms with Gasteiger partial charge in [0.1, 0.15) is 12.7 Å². The van der Waals surface area contributed by atoms with Crippen molar-refractivity contribution in [3.63, 3.8) is 0 Å². The van der Waals surface area contributed by atoms with E-state index in [1.165, 1.54) is 11.9 Å². The van der Waals surface area contributed by atoms with Crippen LogP contribution >= 0.6 is 0 Å². The summed E-state index contributed by atoms with van der Waals surface area (Å²) in [4.78, 5) is 19.7. The monoisotopic (exact) mass is 259 g/mol. The molecule has 2 heterocycles. The van der Waals surface area contributed by atoms with E-state index in [2.05, 4.69) is 20.4 Å². The molecule has 0 fully saturated rings. The smallest absolute Gasteiger partial charge is 0.224 e. The summed E-state index contributed by atoms with van der Waals surface area (Å²) in [6.45, 7) is 3.05. The lowest BCUT2D eigenvalue weighted by Gasteiger charge is -2.11. The van der Waals surface area contributed by atoms with E-state index in [9.17, 15) is 4.79 Å². The zero-order chi connectivity index (χ0) is 13.5. The number of nitrogens with zero attached hydrogens (tertiary/aromatic N) is 4. The number of carbonyl (C=O) groups is 1. The minimum Gasteiger partial charge on any atom is -0.355 e. The third kappa shape index (κ3) is 4.17. The van der Waals surface area contributed by atoms with Gasteiger partial charge in [0.05, 0.1) is 12.5 Å². The van der Waals surface area contributed by atoms with Crippen molar-refractivity contribution in [2.24, 2.45) is 5.92 Å². The minimum atomic E-state index is -0.126. The number of aromatic nitrogens is 4. The van der Waals surface area contributed by atoms with E-state index >= 15 is 0 Å². The van der Waals surface area contributed by atoms with E-state index < -0.39 is 0 Å². The molecule has 2 aromatic heterocycles. The molecule has 0 aliphatic heterocycles. The van der Waals surface area contributed by atoms with Crippen LogP contribution in [-0.4, -0.2) is 32.2 Å². The van der Waals surface area contributed by atoms with Gasteiger partial charge < -0.3 is 5.32 Å². The van der Waals surface area contributed by atoms with Crippen LogP contribution in [0.15, 0.2) is 37.2 Å². The first-order chi connectivity index (χ1) is 9.25. The Balaban J connectivity index is 1.72. The topological polar surface area (TPSA) is 72.7 Å². The minimum absolute atomic E-state index is 0.0320. The lowest BCUT2D eigenvalue weighted by molar-refractivity contribution is -0.124. The van der Waals surface area contributed by atoms with Crippen molar-refractivity contribution < 1.29 is 4.79 Å². The Bertz CT molecular complexity index is 497. The highest BCUT2D eigenvalue weighted by atomic mass is 16.1. The van der Waals surface area contributed by atoms with Gasteiger partial charge in [0.25, 0.3) is 0 Å². The van der Waals surface area contributed by atoms with Crippen molar-refractivity contribution in [2.75, 3.05) is 6.54 Å². The summed E-state index contributed by atoms with van der Waals surface area (Å²) in [6.07, 6.45) is 7.40. The first kappa shape index (κ1) is 13.2. The molecule has 0 aromatic carbocycles. The summed E-state index contributed by atoms with van der Waals surface area (Å²) in [6, 6.07) is 3.90. The highest BCUT2D eigenvalue weighted by Crippen LogP contribution is 2.00. The maximum Gasteiger partial charge on any atom is 0.224 e. The lowest BCUT2D eigenvalue weighted by Crippen LogP contribution is -2.33. The molecule has 1 N–H and O–H groups in total. The van der Waals surface area contributed by atoms with Gasteiger partial charge in [-0.15, -0.1) is 0 Å². The highest BCUT2D eigenvalue weighted by Gasteiger charge is 2.13. The fourth-order valence-electron chi connectivity index (χ4n) is 1.74. The van der Waals surface area contributed by atoms with E-state index in [4.69, 9.17) is 0 Å². The molecule has 0 aliphatic carbocycles. The summed E-state index contributed by atoms with van der Waals surface area (Å²) < 4.78 is 1.66. The Morgan fingerprint density at radius 1 is 1.37 bits per heavy atom. The van der Waals surface area contributed by atoms with Gasteiger partial charge in [-0.25, -0.2) is 4.98 Å². The van der Waals surface area contributed by atoms with Crippen LogP contribution in [0.4, 0.5) is 0 Å². The van der Waals surface area contributed by atoms with Crippen LogP contribution in [0, 0.1) is 5.92 Å². The molecule has 0 saturated carbocycles. The van der Waals surface area contributed by atoms with Crippen molar-refractivity contribution in [3.8, 4) is 0 Å². The van der Waals surface area contributed by atoms with Crippen molar-refractivity contribution in [1.82, 2.24) is 25.1 Å². The number of pyridine rings is 1. The molecule has 1 amide bonds. The van der Waals surface area contributed by atoms with E-state index in [0.717, 1.165) is 6.42 Å². The molecule has 6 nitrogen and oxygen atoms in total. The van der Waals surface area contributed by atoms with E-state index in [1.54, 1.807) is 23.4 Å². The van der Waals surface area contributed by atoms with Crippen LogP contribution in [-0.2, 0) is 17.8 Å². The first-order valence-corrected chi connectivity index (χ1v) is 6.24. The predicted octanol–water partition coefficient (Wildman–Crippen LogP) is 0.668. The molecule has 0 bridgehead atoms. The molecule has 6 heteroatoms. The predicted molar refractivity (Wildman–Crippen MR) is 70.1 cm³/mol. The molecule has 0 saturated heterocycles. The van der Waals surface area contributed by atoms with Crippen LogP contribution in [0.25, 0.3) is 0 Å². The van der Waals surface area contributed by atoms with Crippen molar-refractivity contribution in [2.45, 2.75) is 19.9 Å². The summed E-state index contributed by atoms with van der Waals surface area (Å²) in [7, 11) is 0. The fraction of sp³-hybridized carbons (Fsp3) is 0.385. The molecule has 2 aromatic rings. The second-order valence-electron chi connectivity index (χ2n) is 4.42. The van der Waals surface area contributed by atoms with Gasteiger partial charge >= 0.3 is 0 Å². The van der Waals surface area contributed by atoms with E-state index in [0.29, 0.717) is 13.1 Å². The van der Waals surface area contributed by atoms with Crippen LogP contribution in [0.1, 0.15) is 12.5 Å². The van der Waals surface area contributed by atoms with Crippen molar-refractivity contribution in [3.05, 3.63) is 42.7 Å². The van der Waals surface area contributed by atoms with Gasteiger partial charge in [-0.3, -0.25) is 14.5 Å². The first-order valence-electron chi connectivity index (χ1n) is 6.24. The van der Waals surface area contributed by atoms with Gasteiger partial charge in [0.15, 0.2) is 0 Å². The fourth-order valence-corrected chi connectivity index (χ4v) is 1.74. The molecule has 19 heavy (non-hydrogen) atoms. The maximum atomic E-state index is 11.9. The van der Waals surface area contributed by atoms with E-state index in [1.807, 2.05) is 19.1 Å². The molecule has 0 aliphatic rings. The molecule has 2 rings (SSSR count). The van der Waals surface area contributed by atoms with Crippen molar-refractivity contribution in [1.29, 1.82) is 0 Å². The van der Waals surface area contributed by atoms with Crippen LogP contribution < -0.4 is 5.32 Å². The SMILES string of the molecule is C[C@@H](Cn1cncn1)C(=O)NCCc1ccncc1.